The Morgan fingerprint density at radius 3 is 2.71 bits per heavy atom. The van der Waals surface area contributed by atoms with E-state index in [9.17, 15) is 9.18 Å². The average molecular weight is 350 g/mol. The molecule has 24 heavy (non-hydrogen) atoms. The third kappa shape index (κ3) is 3.52. The Hall–Kier alpha value is -2.11. The second-order valence-corrected chi connectivity index (χ2v) is 5.94. The Labute approximate surface area is 144 Å². The predicted molar refractivity (Wildman–Crippen MR) is 89.0 cm³/mol. The second-order valence-electron chi connectivity index (χ2n) is 5.51. The maximum absolute atomic E-state index is 14.1. The van der Waals surface area contributed by atoms with Crippen LogP contribution in [0.3, 0.4) is 0 Å². The molecule has 0 aliphatic carbocycles. The summed E-state index contributed by atoms with van der Waals surface area (Å²) in [6.45, 7) is 1.19. The summed E-state index contributed by atoms with van der Waals surface area (Å²) in [5.41, 5.74) is 0.972. The van der Waals surface area contributed by atoms with Crippen LogP contribution in [0.2, 0.25) is 5.02 Å². The number of hydrogen-bond donors (Lipinski definition) is 0. The van der Waals surface area contributed by atoms with Crippen molar-refractivity contribution in [2.75, 3.05) is 26.8 Å². The summed E-state index contributed by atoms with van der Waals surface area (Å²) in [4.78, 5) is 14.2. The zero-order valence-electron chi connectivity index (χ0n) is 13.2. The maximum Gasteiger partial charge on any atom is 0.257 e. The predicted octanol–water partition coefficient (Wildman–Crippen LogP) is 3.70. The van der Waals surface area contributed by atoms with Crippen LogP contribution in [-0.4, -0.2) is 37.6 Å². The highest BCUT2D eigenvalue weighted by atomic mass is 35.5. The van der Waals surface area contributed by atoms with E-state index in [1.165, 1.54) is 19.2 Å². The third-order valence-electron chi connectivity index (χ3n) is 4.00. The summed E-state index contributed by atoms with van der Waals surface area (Å²) < 4.78 is 24.8. The highest BCUT2D eigenvalue weighted by Gasteiger charge is 2.27. The molecule has 0 radical (unpaired) electrons. The van der Waals surface area contributed by atoms with Gasteiger partial charge in [-0.25, -0.2) is 4.39 Å². The van der Waals surface area contributed by atoms with Crippen LogP contribution in [0.1, 0.15) is 22.0 Å². The van der Waals surface area contributed by atoms with Gasteiger partial charge in [0.1, 0.15) is 17.7 Å². The van der Waals surface area contributed by atoms with Gasteiger partial charge in [0, 0.05) is 17.6 Å². The number of methoxy groups -OCH3 is 1. The quantitative estimate of drug-likeness (QED) is 0.848. The summed E-state index contributed by atoms with van der Waals surface area (Å²) in [5.74, 6) is -0.559. The van der Waals surface area contributed by atoms with Gasteiger partial charge in [-0.2, -0.15) is 0 Å². The van der Waals surface area contributed by atoms with Crippen LogP contribution < -0.4 is 4.74 Å². The monoisotopic (exact) mass is 349 g/mol. The van der Waals surface area contributed by atoms with Crippen LogP contribution in [0.25, 0.3) is 0 Å². The van der Waals surface area contributed by atoms with Crippen LogP contribution in [0.15, 0.2) is 42.5 Å². The van der Waals surface area contributed by atoms with Crippen molar-refractivity contribution in [3.8, 4) is 5.75 Å². The molecule has 1 aliphatic heterocycles. The van der Waals surface area contributed by atoms with Gasteiger partial charge in [-0.15, -0.1) is 0 Å². The molecule has 1 amide bonds. The minimum absolute atomic E-state index is 0.0348. The number of halogens is 2. The maximum atomic E-state index is 14.1. The first-order chi connectivity index (χ1) is 11.6. The van der Waals surface area contributed by atoms with Crippen molar-refractivity contribution < 1.29 is 18.7 Å². The van der Waals surface area contributed by atoms with Crippen LogP contribution in [0.4, 0.5) is 4.39 Å². The number of nitrogens with zero attached hydrogens (tertiary/aromatic N) is 1. The zero-order chi connectivity index (χ0) is 17.1. The molecular formula is C18H17ClFNO3. The van der Waals surface area contributed by atoms with Gasteiger partial charge in [0.15, 0.2) is 0 Å². The number of carbonyl (C=O) groups excluding carboxylic acids is 1. The van der Waals surface area contributed by atoms with Crippen molar-refractivity contribution in [3.63, 3.8) is 0 Å². The molecule has 0 bridgehead atoms. The number of rotatable bonds is 3. The molecule has 1 heterocycles. The molecule has 1 atom stereocenters. The van der Waals surface area contributed by atoms with Gasteiger partial charge in [-0.1, -0.05) is 23.7 Å². The van der Waals surface area contributed by atoms with E-state index in [1.807, 2.05) is 12.1 Å². The van der Waals surface area contributed by atoms with E-state index in [4.69, 9.17) is 21.1 Å². The molecule has 0 spiro atoms. The first kappa shape index (κ1) is 16.7. The molecule has 2 aromatic carbocycles. The normalized spacial score (nSPS) is 17.6. The molecule has 6 heteroatoms. The molecule has 1 aliphatic rings. The highest BCUT2D eigenvalue weighted by molar-refractivity contribution is 6.30. The summed E-state index contributed by atoms with van der Waals surface area (Å²) in [5, 5.41) is 0.641. The largest absolute Gasteiger partial charge is 0.497 e. The van der Waals surface area contributed by atoms with Crippen molar-refractivity contribution >= 4 is 17.5 Å². The van der Waals surface area contributed by atoms with Gasteiger partial charge in [-0.05, 0) is 29.8 Å². The van der Waals surface area contributed by atoms with Crippen molar-refractivity contribution in [1.82, 2.24) is 4.90 Å². The molecule has 1 fully saturated rings. The molecule has 4 nitrogen and oxygen atoms in total. The third-order valence-corrected chi connectivity index (χ3v) is 4.25. The van der Waals surface area contributed by atoms with Crippen LogP contribution in [-0.2, 0) is 4.74 Å². The SMILES string of the molecule is COc1ccc(C(=O)N2CCOC(c3ccc(Cl)cc3)C2)c(F)c1. The van der Waals surface area contributed by atoms with E-state index in [0.717, 1.165) is 5.56 Å². The smallest absolute Gasteiger partial charge is 0.257 e. The Balaban J connectivity index is 1.76. The minimum Gasteiger partial charge on any atom is -0.497 e. The average Bonchev–Trinajstić information content (AvgIpc) is 2.61. The van der Waals surface area contributed by atoms with Crippen molar-refractivity contribution in [2.24, 2.45) is 0 Å². The van der Waals surface area contributed by atoms with E-state index in [2.05, 4.69) is 0 Å². The number of amides is 1. The fourth-order valence-corrected chi connectivity index (χ4v) is 2.81. The lowest BCUT2D eigenvalue weighted by molar-refractivity contribution is -0.0229. The number of ether oxygens (including phenoxy) is 2. The fraction of sp³-hybridized carbons (Fsp3) is 0.278. The zero-order valence-corrected chi connectivity index (χ0v) is 13.9. The molecule has 126 valence electrons. The second kappa shape index (κ2) is 7.20. The van der Waals surface area contributed by atoms with Gasteiger partial charge < -0.3 is 14.4 Å². The molecule has 0 N–H and O–H groups in total. The molecule has 3 rings (SSSR count). The van der Waals surface area contributed by atoms with Crippen LogP contribution in [0.5, 0.6) is 5.75 Å². The van der Waals surface area contributed by atoms with Gasteiger partial charge in [0.05, 0.1) is 25.8 Å². The van der Waals surface area contributed by atoms with Crippen molar-refractivity contribution in [1.29, 1.82) is 0 Å². The topological polar surface area (TPSA) is 38.8 Å². The summed E-state index contributed by atoms with van der Waals surface area (Å²) in [7, 11) is 1.45. The fourth-order valence-electron chi connectivity index (χ4n) is 2.68. The molecule has 0 aromatic heterocycles. The first-order valence-corrected chi connectivity index (χ1v) is 7.96. The van der Waals surface area contributed by atoms with Gasteiger partial charge in [0.2, 0.25) is 0 Å². The van der Waals surface area contributed by atoms with Gasteiger partial charge in [0.25, 0.3) is 5.91 Å². The Morgan fingerprint density at radius 1 is 1.29 bits per heavy atom. The van der Waals surface area contributed by atoms with Crippen LogP contribution in [0, 0.1) is 5.82 Å². The summed E-state index contributed by atoms with van der Waals surface area (Å²) in [6, 6.07) is 11.5. The Bertz CT molecular complexity index is 736. The standard InChI is InChI=1S/C18H17ClFNO3/c1-23-14-6-7-15(16(20)10-14)18(22)21-8-9-24-17(11-21)12-2-4-13(19)5-3-12/h2-7,10,17H,8-9,11H2,1H3. The van der Waals surface area contributed by atoms with Crippen LogP contribution >= 0.6 is 11.6 Å². The minimum atomic E-state index is -0.589. The Kier molecular flexibility index (Phi) is 5.02. The van der Waals surface area contributed by atoms with Gasteiger partial charge in [-0.3, -0.25) is 4.79 Å². The van der Waals surface area contributed by atoms with Gasteiger partial charge >= 0.3 is 0 Å². The summed E-state index contributed by atoms with van der Waals surface area (Å²) >= 11 is 5.89. The molecule has 2 aromatic rings. The number of hydrogen-bond acceptors (Lipinski definition) is 3. The lowest BCUT2D eigenvalue weighted by atomic mass is 10.1. The number of benzene rings is 2. The van der Waals surface area contributed by atoms with E-state index < -0.39 is 5.82 Å². The lowest BCUT2D eigenvalue weighted by Gasteiger charge is -2.33. The van der Waals surface area contributed by atoms with Crippen molar-refractivity contribution in [3.05, 3.63) is 64.4 Å². The highest BCUT2D eigenvalue weighted by Crippen LogP contribution is 2.25. The van der Waals surface area contributed by atoms with E-state index in [-0.39, 0.29) is 17.6 Å². The molecule has 1 unspecified atom stereocenters. The van der Waals surface area contributed by atoms with E-state index in [1.54, 1.807) is 23.1 Å². The Morgan fingerprint density at radius 2 is 2.04 bits per heavy atom. The molecule has 0 saturated carbocycles. The van der Waals surface area contributed by atoms with E-state index in [0.29, 0.717) is 30.5 Å². The van der Waals surface area contributed by atoms with Crippen molar-refractivity contribution in [2.45, 2.75) is 6.10 Å². The number of carbonyl (C=O) groups is 1. The lowest BCUT2D eigenvalue weighted by Crippen LogP contribution is -2.42. The molecular weight excluding hydrogens is 333 g/mol. The number of morpholine rings is 1. The first-order valence-electron chi connectivity index (χ1n) is 7.58. The summed E-state index contributed by atoms with van der Waals surface area (Å²) in [6.07, 6.45) is -0.249. The molecule has 1 saturated heterocycles. The van der Waals surface area contributed by atoms with E-state index >= 15 is 0 Å².